The monoisotopic (exact) mass is 314 g/mol. The van der Waals surface area contributed by atoms with Crippen LogP contribution in [0.5, 0.6) is 5.75 Å². The van der Waals surface area contributed by atoms with Crippen LogP contribution in [-0.2, 0) is 0 Å². The van der Waals surface area contributed by atoms with Crippen molar-refractivity contribution < 1.29 is 13.9 Å². The first-order valence-electron chi connectivity index (χ1n) is 7.62. The van der Waals surface area contributed by atoms with Crippen molar-refractivity contribution in [3.8, 4) is 5.75 Å². The molecule has 120 valence electrons. The Morgan fingerprint density at radius 1 is 1.04 bits per heavy atom. The second kappa shape index (κ2) is 6.69. The van der Waals surface area contributed by atoms with Crippen LogP contribution in [0.1, 0.15) is 10.4 Å². The van der Waals surface area contributed by atoms with Crippen LogP contribution in [0.4, 0.5) is 10.1 Å². The number of ether oxygens (including phenoxy) is 1. The average molecular weight is 314 g/mol. The highest BCUT2D eigenvalue weighted by atomic mass is 19.1. The Kier molecular flexibility index (Phi) is 4.46. The quantitative estimate of drug-likeness (QED) is 0.873. The second-order valence-corrected chi connectivity index (χ2v) is 5.46. The Morgan fingerprint density at radius 3 is 2.35 bits per heavy atom. The number of hydrogen-bond acceptors (Lipinski definition) is 3. The van der Waals surface area contributed by atoms with Crippen LogP contribution in [-0.4, -0.2) is 44.1 Å². The van der Waals surface area contributed by atoms with Gasteiger partial charge in [-0.1, -0.05) is 18.2 Å². The van der Waals surface area contributed by atoms with Crippen molar-refractivity contribution in [2.75, 3.05) is 38.2 Å². The van der Waals surface area contributed by atoms with E-state index < -0.39 is 5.82 Å². The molecule has 1 aliphatic heterocycles. The number of para-hydroxylation sites is 1. The number of rotatable bonds is 3. The Hall–Kier alpha value is -2.56. The fourth-order valence-electron chi connectivity index (χ4n) is 2.77. The van der Waals surface area contributed by atoms with Gasteiger partial charge in [0, 0.05) is 37.9 Å². The van der Waals surface area contributed by atoms with Crippen LogP contribution >= 0.6 is 0 Å². The summed E-state index contributed by atoms with van der Waals surface area (Å²) in [7, 11) is 1.47. The van der Waals surface area contributed by atoms with Gasteiger partial charge in [-0.05, 0) is 24.3 Å². The first-order valence-corrected chi connectivity index (χ1v) is 7.62. The third-order valence-electron chi connectivity index (χ3n) is 4.09. The molecule has 0 aliphatic carbocycles. The van der Waals surface area contributed by atoms with Gasteiger partial charge in [0.15, 0.2) is 0 Å². The van der Waals surface area contributed by atoms with E-state index >= 15 is 0 Å². The predicted octanol–water partition coefficient (Wildman–Crippen LogP) is 2.80. The predicted molar refractivity (Wildman–Crippen MR) is 87.5 cm³/mol. The number of amides is 1. The van der Waals surface area contributed by atoms with Crippen LogP contribution in [0.3, 0.4) is 0 Å². The van der Waals surface area contributed by atoms with Gasteiger partial charge in [0.1, 0.15) is 11.6 Å². The van der Waals surface area contributed by atoms with Crippen molar-refractivity contribution in [2.45, 2.75) is 0 Å². The number of benzene rings is 2. The van der Waals surface area contributed by atoms with Crippen LogP contribution < -0.4 is 9.64 Å². The van der Waals surface area contributed by atoms with Crippen LogP contribution in [0.15, 0.2) is 48.5 Å². The lowest BCUT2D eigenvalue weighted by Crippen LogP contribution is -2.49. The van der Waals surface area contributed by atoms with Gasteiger partial charge in [-0.3, -0.25) is 4.79 Å². The molecule has 4 nitrogen and oxygen atoms in total. The van der Waals surface area contributed by atoms with Gasteiger partial charge >= 0.3 is 0 Å². The van der Waals surface area contributed by atoms with Gasteiger partial charge in [0.25, 0.3) is 5.91 Å². The summed E-state index contributed by atoms with van der Waals surface area (Å²) >= 11 is 0. The maximum Gasteiger partial charge on any atom is 0.256 e. The molecule has 0 aromatic heterocycles. The minimum atomic E-state index is -0.542. The highest BCUT2D eigenvalue weighted by molar-refractivity contribution is 5.94. The molecule has 1 aliphatic rings. The van der Waals surface area contributed by atoms with Gasteiger partial charge in [-0.25, -0.2) is 4.39 Å². The molecule has 0 N–H and O–H groups in total. The highest BCUT2D eigenvalue weighted by Gasteiger charge is 2.24. The largest absolute Gasteiger partial charge is 0.497 e. The Balaban J connectivity index is 1.66. The minimum Gasteiger partial charge on any atom is -0.497 e. The van der Waals surface area contributed by atoms with Crippen molar-refractivity contribution in [3.05, 3.63) is 59.9 Å². The first kappa shape index (κ1) is 15.3. The van der Waals surface area contributed by atoms with E-state index in [0.29, 0.717) is 18.8 Å². The molecule has 1 fully saturated rings. The SMILES string of the molecule is COc1ccc(C(=O)N2CCN(c3ccccc3)CC2)c(F)c1. The normalized spacial score (nSPS) is 14.7. The van der Waals surface area contributed by atoms with E-state index in [4.69, 9.17) is 4.74 Å². The number of anilines is 1. The molecular formula is C18H19FN2O2. The molecule has 1 amide bonds. The molecule has 0 atom stereocenters. The van der Waals surface area contributed by atoms with E-state index in [0.717, 1.165) is 18.8 Å². The molecule has 0 radical (unpaired) electrons. The van der Waals surface area contributed by atoms with E-state index in [1.165, 1.54) is 19.2 Å². The van der Waals surface area contributed by atoms with E-state index in [2.05, 4.69) is 17.0 Å². The van der Waals surface area contributed by atoms with Crippen LogP contribution in [0.2, 0.25) is 0 Å². The topological polar surface area (TPSA) is 32.8 Å². The van der Waals surface area contributed by atoms with Gasteiger partial charge in [-0.15, -0.1) is 0 Å². The molecule has 2 aromatic rings. The second-order valence-electron chi connectivity index (χ2n) is 5.46. The molecule has 0 spiro atoms. The highest BCUT2D eigenvalue weighted by Crippen LogP contribution is 2.20. The summed E-state index contributed by atoms with van der Waals surface area (Å²) in [5.41, 5.74) is 1.24. The molecule has 2 aromatic carbocycles. The number of hydrogen-bond donors (Lipinski definition) is 0. The standard InChI is InChI=1S/C18H19FN2O2/c1-23-15-7-8-16(17(19)13-15)18(22)21-11-9-20(10-12-21)14-5-3-2-4-6-14/h2-8,13H,9-12H2,1H3. The molecule has 1 saturated heterocycles. The zero-order chi connectivity index (χ0) is 16.2. The maximum absolute atomic E-state index is 14.0. The van der Waals surface area contributed by atoms with Gasteiger partial charge in [-0.2, -0.15) is 0 Å². The molecule has 0 unspecified atom stereocenters. The van der Waals surface area contributed by atoms with Crippen molar-refractivity contribution in [1.82, 2.24) is 4.90 Å². The number of nitrogens with zero attached hydrogens (tertiary/aromatic N) is 2. The zero-order valence-electron chi connectivity index (χ0n) is 13.0. The fourth-order valence-corrected chi connectivity index (χ4v) is 2.77. The summed E-state index contributed by atoms with van der Waals surface area (Å²) in [6.45, 7) is 2.65. The van der Waals surface area contributed by atoms with Gasteiger partial charge in [0.05, 0.1) is 12.7 Å². The Bertz CT molecular complexity index is 683. The lowest BCUT2D eigenvalue weighted by Gasteiger charge is -2.36. The first-order chi connectivity index (χ1) is 11.2. The molecule has 23 heavy (non-hydrogen) atoms. The summed E-state index contributed by atoms with van der Waals surface area (Å²) in [5, 5.41) is 0. The molecule has 5 heteroatoms. The molecule has 3 rings (SSSR count). The summed E-state index contributed by atoms with van der Waals surface area (Å²) in [5.74, 6) is -0.398. The van der Waals surface area contributed by atoms with Crippen molar-refractivity contribution >= 4 is 11.6 Å². The van der Waals surface area contributed by atoms with Crippen LogP contribution in [0.25, 0.3) is 0 Å². The number of methoxy groups -OCH3 is 1. The average Bonchev–Trinajstić information content (AvgIpc) is 2.62. The van der Waals surface area contributed by atoms with Crippen molar-refractivity contribution in [2.24, 2.45) is 0 Å². The summed E-state index contributed by atoms with van der Waals surface area (Å²) < 4.78 is 19.0. The van der Waals surface area contributed by atoms with Gasteiger partial charge in [0.2, 0.25) is 0 Å². The number of halogens is 1. The van der Waals surface area contributed by atoms with E-state index in [1.54, 1.807) is 11.0 Å². The summed E-state index contributed by atoms with van der Waals surface area (Å²) in [4.78, 5) is 16.4. The lowest BCUT2D eigenvalue weighted by molar-refractivity contribution is 0.0742. The minimum absolute atomic E-state index is 0.0963. The number of piperazine rings is 1. The lowest BCUT2D eigenvalue weighted by atomic mass is 10.1. The third kappa shape index (κ3) is 3.28. The van der Waals surface area contributed by atoms with Crippen molar-refractivity contribution in [3.63, 3.8) is 0 Å². The summed E-state index contributed by atoms with van der Waals surface area (Å²) in [6, 6.07) is 14.4. The van der Waals surface area contributed by atoms with E-state index in [9.17, 15) is 9.18 Å². The molecule has 0 bridgehead atoms. The van der Waals surface area contributed by atoms with Crippen molar-refractivity contribution in [1.29, 1.82) is 0 Å². The Labute approximate surface area is 135 Å². The maximum atomic E-state index is 14.0. The van der Waals surface area contributed by atoms with Gasteiger partial charge < -0.3 is 14.5 Å². The zero-order valence-corrected chi connectivity index (χ0v) is 13.0. The fraction of sp³-hybridized carbons (Fsp3) is 0.278. The Morgan fingerprint density at radius 2 is 1.74 bits per heavy atom. The number of carbonyl (C=O) groups excluding carboxylic acids is 1. The summed E-state index contributed by atoms with van der Waals surface area (Å²) in [6.07, 6.45) is 0. The molecule has 1 heterocycles. The number of carbonyl (C=O) groups is 1. The van der Waals surface area contributed by atoms with Crippen LogP contribution in [0, 0.1) is 5.82 Å². The molecule has 0 saturated carbocycles. The smallest absolute Gasteiger partial charge is 0.256 e. The molecular weight excluding hydrogens is 295 g/mol. The third-order valence-corrected chi connectivity index (χ3v) is 4.09. The van der Waals surface area contributed by atoms with E-state index in [-0.39, 0.29) is 11.5 Å². The van der Waals surface area contributed by atoms with E-state index in [1.807, 2.05) is 18.2 Å².